The second-order valence-corrected chi connectivity index (χ2v) is 8.43. The van der Waals surface area contributed by atoms with Crippen LogP contribution in [0.3, 0.4) is 0 Å². The van der Waals surface area contributed by atoms with E-state index in [2.05, 4.69) is 30.4 Å². The van der Waals surface area contributed by atoms with E-state index in [-0.39, 0.29) is 17.4 Å². The Morgan fingerprint density at radius 2 is 1.97 bits per heavy atom. The fraction of sp³-hybridized carbons (Fsp3) is 0.350. The topological polar surface area (TPSA) is 111 Å². The van der Waals surface area contributed by atoms with E-state index in [1.807, 2.05) is 0 Å². The van der Waals surface area contributed by atoms with Crippen LogP contribution in [0.1, 0.15) is 63.1 Å². The summed E-state index contributed by atoms with van der Waals surface area (Å²) in [5.74, 6) is -0.858. The van der Waals surface area contributed by atoms with E-state index in [1.54, 1.807) is 13.0 Å². The van der Waals surface area contributed by atoms with Gasteiger partial charge < -0.3 is 15.4 Å². The van der Waals surface area contributed by atoms with Crippen molar-refractivity contribution in [1.29, 1.82) is 0 Å². The molecule has 3 aromatic rings. The SMILES string of the molecule is CNC(=O)c1cnc(-n2ncnc2[C@H](C)NC(=O)c2cc(OC(F)(F)F)cc(C3CC3)c2)s1. The molecule has 0 spiro atoms. The molecule has 0 saturated heterocycles. The number of amides is 2. The van der Waals surface area contributed by atoms with Gasteiger partial charge in [-0.2, -0.15) is 9.78 Å². The fourth-order valence-electron chi connectivity index (χ4n) is 3.23. The maximum atomic E-state index is 12.9. The summed E-state index contributed by atoms with van der Waals surface area (Å²) in [6, 6.07) is 3.28. The van der Waals surface area contributed by atoms with Crippen molar-refractivity contribution in [3.63, 3.8) is 0 Å². The van der Waals surface area contributed by atoms with Crippen LogP contribution in [-0.2, 0) is 0 Å². The van der Waals surface area contributed by atoms with E-state index in [1.165, 1.54) is 30.3 Å². The van der Waals surface area contributed by atoms with Crippen LogP contribution in [0.2, 0.25) is 0 Å². The van der Waals surface area contributed by atoms with Crippen LogP contribution in [0, 0.1) is 0 Å². The molecule has 1 aliphatic rings. The maximum Gasteiger partial charge on any atom is 0.573 e. The molecule has 0 aliphatic heterocycles. The van der Waals surface area contributed by atoms with Gasteiger partial charge in [0.15, 0.2) is 5.82 Å². The van der Waals surface area contributed by atoms with Crippen molar-refractivity contribution in [3.8, 4) is 10.9 Å². The lowest BCUT2D eigenvalue weighted by Gasteiger charge is -2.16. The number of rotatable bonds is 7. The number of nitrogens with one attached hydrogen (secondary N) is 2. The zero-order valence-electron chi connectivity index (χ0n) is 17.5. The minimum absolute atomic E-state index is 0.0488. The number of carbonyl (C=O) groups excluding carboxylic acids is 2. The van der Waals surface area contributed by atoms with Gasteiger partial charge in [0.25, 0.3) is 11.8 Å². The Morgan fingerprint density at radius 3 is 2.64 bits per heavy atom. The number of ether oxygens (including phenoxy) is 1. The average Bonchev–Trinajstić information content (AvgIpc) is 3.28. The average molecular weight is 480 g/mol. The zero-order chi connectivity index (χ0) is 23.8. The summed E-state index contributed by atoms with van der Waals surface area (Å²) >= 11 is 1.09. The first-order valence-electron chi connectivity index (χ1n) is 9.94. The normalized spacial score (nSPS) is 14.6. The third-order valence-corrected chi connectivity index (χ3v) is 5.88. The van der Waals surface area contributed by atoms with Crippen molar-refractivity contribution < 1.29 is 27.5 Å². The van der Waals surface area contributed by atoms with Crippen molar-refractivity contribution in [2.45, 2.75) is 38.1 Å². The molecule has 0 bridgehead atoms. The highest BCUT2D eigenvalue weighted by molar-refractivity contribution is 7.16. The minimum Gasteiger partial charge on any atom is -0.406 e. The molecule has 1 saturated carbocycles. The van der Waals surface area contributed by atoms with Gasteiger partial charge in [0.05, 0.1) is 12.2 Å². The monoisotopic (exact) mass is 480 g/mol. The van der Waals surface area contributed by atoms with E-state index in [9.17, 15) is 22.8 Å². The van der Waals surface area contributed by atoms with Gasteiger partial charge in [0, 0.05) is 12.6 Å². The van der Waals surface area contributed by atoms with Crippen LogP contribution in [0.5, 0.6) is 5.75 Å². The highest BCUT2D eigenvalue weighted by Gasteiger charge is 2.33. The van der Waals surface area contributed by atoms with E-state index in [4.69, 9.17) is 0 Å². The van der Waals surface area contributed by atoms with E-state index in [0.717, 1.165) is 30.2 Å². The molecule has 0 unspecified atom stereocenters. The highest BCUT2D eigenvalue weighted by atomic mass is 32.1. The lowest BCUT2D eigenvalue weighted by atomic mass is 10.1. The van der Waals surface area contributed by atoms with Gasteiger partial charge in [-0.3, -0.25) is 9.59 Å². The summed E-state index contributed by atoms with van der Waals surface area (Å²) in [6.07, 6.45) is -0.480. The molecule has 174 valence electrons. The molecule has 13 heteroatoms. The molecule has 2 N–H and O–H groups in total. The zero-order valence-corrected chi connectivity index (χ0v) is 18.3. The standard InChI is InChI=1S/C20H19F3N6O3S/c1-10(16-26-9-27-29(16)19-25-8-15(33-19)18(31)24-2)28-17(30)13-5-12(11-3-4-11)6-14(7-13)32-20(21,22)23/h5-11H,3-4H2,1-2H3,(H,24,31)(H,28,30)/t10-/m0/s1. The number of halogens is 3. The summed E-state index contributed by atoms with van der Waals surface area (Å²) < 4.78 is 43.6. The van der Waals surface area contributed by atoms with E-state index < -0.39 is 24.1 Å². The highest BCUT2D eigenvalue weighted by Crippen LogP contribution is 2.42. The van der Waals surface area contributed by atoms with Crippen LogP contribution in [0.15, 0.2) is 30.7 Å². The maximum absolute atomic E-state index is 12.9. The lowest BCUT2D eigenvalue weighted by molar-refractivity contribution is -0.274. The van der Waals surface area contributed by atoms with Gasteiger partial charge in [-0.1, -0.05) is 11.3 Å². The van der Waals surface area contributed by atoms with Crippen LogP contribution in [0.25, 0.3) is 5.13 Å². The molecule has 2 amide bonds. The summed E-state index contributed by atoms with van der Waals surface area (Å²) in [6.45, 7) is 1.66. The molecule has 1 fully saturated rings. The first kappa shape index (κ1) is 22.7. The molecular formula is C20H19F3N6O3S. The Balaban J connectivity index is 1.55. The lowest BCUT2D eigenvalue weighted by Crippen LogP contribution is -2.29. The summed E-state index contributed by atoms with van der Waals surface area (Å²) in [5.41, 5.74) is 0.676. The second-order valence-electron chi connectivity index (χ2n) is 7.42. The van der Waals surface area contributed by atoms with Crippen molar-refractivity contribution >= 4 is 23.2 Å². The molecule has 0 radical (unpaired) electrons. The fourth-order valence-corrected chi connectivity index (χ4v) is 4.06. The Hall–Kier alpha value is -3.48. The molecule has 9 nitrogen and oxygen atoms in total. The number of thiazole rings is 1. The number of aromatic nitrogens is 4. The van der Waals surface area contributed by atoms with Crippen LogP contribution >= 0.6 is 11.3 Å². The summed E-state index contributed by atoms with van der Waals surface area (Å²) in [7, 11) is 1.50. The summed E-state index contributed by atoms with van der Waals surface area (Å²) in [5, 5.41) is 9.72. The molecule has 33 heavy (non-hydrogen) atoms. The van der Waals surface area contributed by atoms with Crippen LogP contribution in [-0.4, -0.2) is 45.0 Å². The van der Waals surface area contributed by atoms with Crippen molar-refractivity contribution in [2.24, 2.45) is 0 Å². The number of alkyl halides is 3. The number of hydrogen-bond donors (Lipinski definition) is 2. The number of nitrogens with zero attached hydrogens (tertiary/aromatic N) is 4. The van der Waals surface area contributed by atoms with Gasteiger partial charge in [-0.25, -0.2) is 9.97 Å². The third kappa shape index (κ3) is 5.30. The van der Waals surface area contributed by atoms with Crippen molar-refractivity contribution in [2.75, 3.05) is 7.05 Å². The number of hydrogen-bond acceptors (Lipinski definition) is 7. The predicted octanol–water partition coefficient (Wildman–Crippen LogP) is 3.35. The first-order valence-corrected chi connectivity index (χ1v) is 10.8. The quantitative estimate of drug-likeness (QED) is 0.537. The minimum atomic E-state index is -4.86. The molecule has 1 aliphatic carbocycles. The predicted molar refractivity (Wildman–Crippen MR) is 111 cm³/mol. The summed E-state index contributed by atoms with van der Waals surface area (Å²) in [4.78, 5) is 33.4. The van der Waals surface area contributed by atoms with Gasteiger partial charge in [0.1, 0.15) is 17.0 Å². The third-order valence-electron chi connectivity index (χ3n) is 4.91. The largest absolute Gasteiger partial charge is 0.573 e. The Bertz CT molecular complexity index is 1190. The molecule has 2 heterocycles. The van der Waals surface area contributed by atoms with Gasteiger partial charge in [-0.15, -0.1) is 13.2 Å². The van der Waals surface area contributed by atoms with Gasteiger partial charge in [-0.05, 0) is 49.4 Å². The second kappa shape index (κ2) is 8.81. The van der Waals surface area contributed by atoms with E-state index >= 15 is 0 Å². The molecule has 2 aromatic heterocycles. The van der Waals surface area contributed by atoms with Crippen molar-refractivity contribution in [1.82, 2.24) is 30.4 Å². The molecule has 1 atom stereocenters. The Morgan fingerprint density at radius 1 is 1.21 bits per heavy atom. The van der Waals surface area contributed by atoms with Crippen LogP contribution in [0.4, 0.5) is 13.2 Å². The van der Waals surface area contributed by atoms with Crippen molar-refractivity contribution in [3.05, 3.63) is 52.6 Å². The van der Waals surface area contributed by atoms with Crippen LogP contribution < -0.4 is 15.4 Å². The van der Waals surface area contributed by atoms with E-state index in [0.29, 0.717) is 21.4 Å². The number of benzene rings is 1. The molecule has 4 rings (SSSR count). The van der Waals surface area contributed by atoms with Gasteiger partial charge in [0.2, 0.25) is 5.13 Å². The first-order chi connectivity index (χ1) is 15.6. The smallest absolute Gasteiger partial charge is 0.406 e. The Labute approximate surface area is 190 Å². The number of carbonyl (C=O) groups is 2. The van der Waals surface area contributed by atoms with Gasteiger partial charge >= 0.3 is 6.36 Å². The Kier molecular flexibility index (Phi) is 6.06. The molecule has 1 aromatic carbocycles. The molecular weight excluding hydrogens is 461 g/mol.